The predicted octanol–water partition coefficient (Wildman–Crippen LogP) is 3.04. The quantitative estimate of drug-likeness (QED) is 0.725. The highest BCUT2D eigenvalue weighted by Gasteiger charge is 2.35. The van der Waals surface area contributed by atoms with Gasteiger partial charge >= 0.3 is 0 Å². The summed E-state index contributed by atoms with van der Waals surface area (Å²) in [7, 11) is 0. The van der Waals surface area contributed by atoms with Crippen LogP contribution in [0.1, 0.15) is 51.2 Å². The summed E-state index contributed by atoms with van der Waals surface area (Å²) in [5.74, 6) is 0.365. The van der Waals surface area contributed by atoms with Crippen LogP contribution in [0.3, 0.4) is 0 Å². The third-order valence-corrected chi connectivity index (χ3v) is 5.45. The van der Waals surface area contributed by atoms with Gasteiger partial charge in [0, 0.05) is 30.6 Å². The van der Waals surface area contributed by atoms with Crippen LogP contribution in [0.2, 0.25) is 0 Å². The van der Waals surface area contributed by atoms with Gasteiger partial charge in [-0.1, -0.05) is 29.8 Å². The van der Waals surface area contributed by atoms with Crippen molar-refractivity contribution >= 4 is 0 Å². The van der Waals surface area contributed by atoms with Crippen molar-refractivity contribution in [2.45, 2.75) is 31.7 Å². The average molecular weight is 316 g/mol. The zero-order chi connectivity index (χ0) is 16.1. The monoisotopic (exact) mass is 316 g/mol. The molecule has 0 radical (unpaired) electrons. The molecule has 2 atom stereocenters. The van der Waals surface area contributed by atoms with Crippen molar-refractivity contribution < 1.29 is 0 Å². The lowest BCUT2D eigenvalue weighted by molar-refractivity contribution is 0.512. The fourth-order valence-corrected chi connectivity index (χ4v) is 4.18. The van der Waals surface area contributed by atoms with Crippen molar-refractivity contribution in [2.75, 3.05) is 6.54 Å². The first kappa shape index (κ1) is 13.9. The molecule has 0 bridgehead atoms. The molecule has 2 N–H and O–H groups in total. The molecule has 2 aromatic heterocycles. The molecule has 0 fully saturated rings. The lowest BCUT2D eigenvalue weighted by Crippen LogP contribution is -2.35. The second-order valence-corrected chi connectivity index (χ2v) is 6.89. The second kappa shape index (κ2) is 5.28. The van der Waals surface area contributed by atoms with Gasteiger partial charge in [0.05, 0.1) is 11.7 Å². The fraction of sp³-hybridized carbons (Fsp3) is 0.300. The van der Waals surface area contributed by atoms with Crippen LogP contribution in [0.25, 0.3) is 0 Å². The Labute approximate surface area is 141 Å². The third-order valence-electron chi connectivity index (χ3n) is 5.45. The molecule has 120 valence electrons. The van der Waals surface area contributed by atoms with E-state index in [1.165, 1.54) is 33.5 Å². The summed E-state index contributed by atoms with van der Waals surface area (Å²) in [5, 5.41) is 12.3. The van der Waals surface area contributed by atoms with E-state index in [0.717, 1.165) is 25.1 Å². The summed E-state index contributed by atoms with van der Waals surface area (Å²) in [6, 6.07) is 11.2. The van der Waals surface area contributed by atoms with Gasteiger partial charge < -0.3 is 10.3 Å². The number of nitrogens with zero attached hydrogens (tertiary/aromatic N) is 2. The minimum atomic E-state index is 0.161. The normalized spacial score (nSPS) is 21.7. The van der Waals surface area contributed by atoms with Crippen molar-refractivity contribution in [1.29, 1.82) is 0 Å². The van der Waals surface area contributed by atoms with Gasteiger partial charge in [0.15, 0.2) is 0 Å². The largest absolute Gasteiger partial charge is 0.364 e. The lowest BCUT2D eigenvalue weighted by Gasteiger charge is -2.31. The Kier molecular flexibility index (Phi) is 3.06. The second-order valence-electron chi connectivity index (χ2n) is 6.89. The standard InChI is InChI=1S/C20H20N4/c1-12-2-4-13(5-3-12)16-11-22-20-17-15(10-21-19(16)17)7-6-14-8-9-23-24-18(14)20/h2-5,8-10,16,20-22H,6-7,11H2,1H3. The fourth-order valence-electron chi connectivity index (χ4n) is 4.18. The van der Waals surface area contributed by atoms with E-state index in [-0.39, 0.29) is 6.04 Å². The van der Waals surface area contributed by atoms with Crippen LogP contribution in [0, 0.1) is 6.92 Å². The number of benzene rings is 1. The van der Waals surface area contributed by atoms with E-state index in [0.29, 0.717) is 5.92 Å². The average Bonchev–Trinajstić information content (AvgIpc) is 2.97. The van der Waals surface area contributed by atoms with E-state index in [1.807, 2.05) is 0 Å². The first-order valence-corrected chi connectivity index (χ1v) is 8.61. The van der Waals surface area contributed by atoms with Gasteiger partial charge in [0.25, 0.3) is 0 Å². The van der Waals surface area contributed by atoms with E-state index in [9.17, 15) is 0 Å². The first-order chi connectivity index (χ1) is 11.8. The Bertz CT molecular complexity index is 894. The zero-order valence-electron chi connectivity index (χ0n) is 13.7. The molecule has 0 spiro atoms. The van der Waals surface area contributed by atoms with Gasteiger partial charge in [-0.15, -0.1) is 0 Å². The van der Waals surface area contributed by atoms with Gasteiger partial charge in [-0.2, -0.15) is 10.2 Å². The van der Waals surface area contributed by atoms with Gasteiger partial charge in [0.2, 0.25) is 0 Å². The van der Waals surface area contributed by atoms with Gasteiger partial charge in [0.1, 0.15) is 0 Å². The van der Waals surface area contributed by atoms with E-state index in [1.54, 1.807) is 6.20 Å². The number of fused-ring (bicyclic) bond motifs is 2. The number of hydrogen-bond donors (Lipinski definition) is 2. The molecular formula is C20H20N4. The highest BCUT2D eigenvalue weighted by molar-refractivity contribution is 5.49. The highest BCUT2D eigenvalue weighted by atomic mass is 15.1. The van der Waals surface area contributed by atoms with Gasteiger partial charge in [-0.05, 0) is 48.1 Å². The molecule has 0 saturated carbocycles. The van der Waals surface area contributed by atoms with Crippen LogP contribution >= 0.6 is 0 Å². The van der Waals surface area contributed by atoms with E-state index < -0.39 is 0 Å². The molecule has 5 rings (SSSR count). The van der Waals surface area contributed by atoms with Crippen LogP contribution in [0.4, 0.5) is 0 Å². The number of rotatable bonds is 1. The zero-order valence-corrected chi connectivity index (χ0v) is 13.7. The lowest BCUT2D eigenvalue weighted by atomic mass is 9.85. The molecule has 1 aromatic carbocycles. The van der Waals surface area contributed by atoms with Crippen molar-refractivity contribution in [1.82, 2.24) is 20.5 Å². The topological polar surface area (TPSA) is 53.6 Å². The Balaban J connectivity index is 1.64. The van der Waals surface area contributed by atoms with Crippen LogP contribution in [-0.4, -0.2) is 21.7 Å². The van der Waals surface area contributed by atoms with Crippen LogP contribution in [-0.2, 0) is 12.8 Å². The van der Waals surface area contributed by atoms with Crippen LogP contribution < -0.4 is 5.32 Å². The summed E-state index contributed by atoms with van der Waals surface area (Å²) in [6.07, 6.45) is 6.09. The molecule has 1 aliphatic heterocycles. The highest BCUT2D eigenvalue weighted by Crippen LogP contribution is 2.41. The molecule has 4 nitrogen and oxygen atoms in total. The molecule has 24 heavy (non-hydrogen) atoms. The van der Waals surface area contributed by atoms with Crippen molar-refractivity contribution in [3.05, 3.63) is 81.9 Å². The maximum absolute atomic E-state index is 4.47. The number of H-pyrrole nitrogens is 1. The Hall–Kier alpha value is -2.46. The summed E-state index contributed by atoms with van der Waals surface area (Å²) < 4.78 is 0. The Morgan fingerprint density at radius 2 is 1.88 bits per heavy atom. The third kappa shape index (κ3) is 2.03. The van der Waals surface area contributed by atoms with Gasteiger partial charge in [-0.25, -0.2) is 0 Å². The predicted molar refractivity (Wildman–Crippen MR) is 93.1 cm³/mol. The van der Waals surface area contributed by atoms with E-state index in [2.05, 4.69) is 64.0 Å². The Morgan fingerprint density at radius 3 is 2.75 bits per heavy atom. The number of nitrogens with one attached hydrogen (secondary N) is 2. The maximum atomic E-state index is 4.47. The number of hydrogen-bond acceptors (Lipinski definition) is 3. The minimum absolute atomic E-state index is 0.161. The molecule has 3 heterocycles. The minimum Gasteiger partial charge on any atom is -0.364 e. The molecule has 0 saturated heterocycles. The molecule has 1 aliphatic carbocycles. The van der Waals surface area contributed by atoms with Crippen LogP contribution in [0.5, 0.6) is 0 Å². The van der Waals surface area contributed by atoms with Crippen molar-refractivity contribution in [2.24, 2.45) is 0 Å². The van der Waals surface area contributed by atoms with E-state index >= 15 is 0 Å². The maximum Gasteiger partial charge on any atom is 0.0878 e. The smallest absolute Gasteiger partial charge is 0.0878 e. The number of aromatic nitrogens is 3. The summed E-state index contributed by atoms with van der Waals surface area (Å²) in [4.78, 5) is 3.58. The SMILES string of the molecule is Cc1ccc(C2CNC3c4nnccc4CCc4c[nH]c2c43)cc1. The molecule has 2 unspecified atom stereocenters. The molecular weight excluding hydrogens is 296 g/mol. The number of aryl methyl sites for hydroxylation is 3. The molecule has 0 amide bonds. The summed E-state index contributed by atoms with van der Waals surface area (Å²) in [6.45, 7) is 3.05. The van der Waals surface area contributed by atoms with Crippen molar-refractivity contribution in [3.8, 4) is 0 Å². The van der Waals surface area contributed by atoms with E-state index in [4.69, 9.17) is 0 Å². The molecule has 2 aliphatic rings. The molecule has 3 aromatic rings. The van der Waals surface area contributed by atoms with Crippen LogP contribution in [0.15, 0.2) is 42.7 Å². The molecule has 4 heteroatoms. The summed E-state index contributed by atoms with van der Waals surface area (Å²) in [5.41, 5.74) is 9.23. The number of aromatic amines is 1. The Morgan fingerprint density at radius 1 is 1.04 bits per heavy atom. The van der Waals surface area contributed by atoms with Crippen molar-refractivity contribution in [3.63, 3.8) is 0 Å². The summed E-state index contributed by atoms with van der Waals surface area (Å²) >= 11 is 0. The van der Waals surface area contributed by atoms with Gasteiger partial charge in [-0.3, -0.25) is 0 Å². The first-order valence-electron chi connectivity index (χ1n) is 8.61.